The van der Waals surface area contributed by atoms with Crippen molar-refractivity contribution in [3.63, 3.8) is 0 Å². The van der Waals surface area contributed by atoms with Crippen LogP contribution in [-0.2, 0) is 22.7 Å². The maximum atomic E-state index is 13.7. The lowest BCUT2D eigenvalue weighted by Gasteiger charge is -2.27. The van der Waals surface area contributed by atoms with Gasteiger partial charge in [0.15, 0.2) is 5.75 Å². The van der Waals surface area contributed by atoms with Gasteiger partial charge in [0.1, 0.15) is 19.0 Å². The van der Waals surface area contributed by atoms with Crippen LogP contribution >= 0.6 is 0 Å². The zero-order valence-electron chi connectivity index (χ0n) is 14.6. The molecule has 0 spiro atoms. The summed E-state index contributed by atoms with van der Waals surface area (Å²) in [5, 5.41) is 0. The SMILES string of the molecule is Cc1cc(=O)c(OCc2ccccc2F)cn1CC(=O)N1CCOCC1. The minimum absolute atomic E-state index is 0.0416. The van der Waals surface area contributed by atoms with Crippen molar-refractivity contribution in [3.8, 4) is 5.75 Å². The van der Waals surface area contributed by atoms with Gasteiger partial charge in [0.05, 0.1) is 19.4 Å². The Morgan fingerprint density at radius 2 is 2.00 bits per heavy atom. The Morgan fingerprint density at radius 1 is 1.27 bits per heavy atom. The quantitative estimate of drug-likeness (QED) is 0.815. The van der Waals surface area contributed by atoms with Crippen molar-refractivity contribution in [1.82, 2.24) is 9.47 Å². The number of ether oxygens (including phenoxy) is 2. The van der Waals surface area contributed by atoms with E-state index in [1.807, 2.05) is 0 Å². The first-order valence-electron chi connectivity index (χ1n) is 8.47. The number of hydrogen-bond donors (Lipinski definition) is 0. The third-order valence-electron chi connectivity index (χ3n) is 4.32. The molecular weight excluding hydrogens is 339 g/mol. The van der Waals surface area contributed by atoms with Crippen LogP contribution in [0.1, 0.15) is 11.3 Å². The molecule has 0 atom stereocenters. The molecule has 26 heavy (non-hydrogen) atoms. The van der Waals surface area contributed by atoms with Crippen molar-refractivity contribution in [2.45, 2.75) is 20.1 Å². The third kappa shape index (κ3) is 4.29. The summed E-state index contributed by atoms with van der Waals surface area (Å²) in [6.07, 6.45) is 1.51. The fourth-order valence-corrected chi connectivity index (χ4v) is 2.76. The van der Waals surface area contributed by atoms with Crippen molar-refractivity contribution < 1.29 is 18.7 Å². The number of aromatic nitrogens is 1. The molecule has 0 unspecified atom stereocenters. The van der Waals surface area contributed by atoms with E-state index >= 15 is 0 Å². The number of halogens is 1. The highest BCUT2D eigenvalue weighted by Gasteiger charge is 2.18. The molecule has 0 radical (unpaired) electrons. The van der Waals surface area contributed by atoms with E-state index in [9.17, 15) is 14.0 Å². The number of nitrogens with zero attached hydrogens (tertiary/aromatic N) is 2. The minimum Gasteiger partial charge on any atom is -0.483 e. The number of rotatable bonds is 5. The van der Waals surface area contributed by atoms with Gasteiger partial charge in [-0.15, -0.1) is 0 Å². The molecule has 1 amide bonds. The molecule has 138 valence electrons. The van der Waals surface area contributed by atoms with Crippen LogP contribution in [0.15, 0.2) is 41.3 Å². The molecule has 2 heterocycles. The molecule has 0 saturated carbocycles. The number of carbonyl (C=O) groups excluding carboxylic acids is 1. The van der Waals surface area contributed by atoms with Gasteiger partial charge < -0.3 is 18.9 Å². The first kappa shape index (κ1) is 18.1. The van der Waals surface area contributed by atoms with E-state index in [0.717, 1.165) is 0 Å². The Balaban J connectivity index is 1.73. The van der Waals surface area contributed by atoms with Gasteiger partial charge in [-0.2, -0.15) is 0 Å². The van der Waals surface area contributed by atoms with Gasteiger partial charge in [-0.1, -0.05) is 18.2 Å². The summed E-state index contributed by atoms with van der Waals surface area (Å²) in [7, 11) is 0. The zero-order chi connectivity index (χ0) is 18.5. The van der Waals surface area contributed by atoms with Crippen LogP contribution in [0.4, 0.5) is 4.39 Å². The highest BCUT2D eigenvalue weighted by atomic mass is 19.1. The highest BCUT2D eigenvalue weighted by Crippen LogP contribution is 2.12. The summed E-state index contributed by atoms with van der Waals surface area (Å²) in [6.45, 7) is 4.01. The van der Waals surface area contributed by atoms with Crippen LogP contribution in [0.25, 0.3) is 0 Å². The molecule has 1 aromatic carbocycles. The Bertz CT molecular complexity index is 844. The summed E-state index contributed by atoms with van der Waals surface area (Å²) in [4.78, 5) is 26.3. The van der Waals surface area contributed by atoms with E-state index in [1.54, 1.807) is 34.6 Å². The summed E-state index contributed by atoms with van der Waals surface area (Å²) in [5.41, 5.74) is 0.729. The van der Waals surface area contributed by atoms with Crippen molar-refractivity contribution in [2.24, 2.45) is 0 Å². The molecule has 1 saturated heterocycles. The van der Waals surface area contributed by atoms with Gasteiger partial charge in [0.25, 0.3) is 0 Å². The predicted octanol–water partition coefficient (Wildman–Crippen LogP) is 1.73. The molecule has 7 heteroatoms. The number of aryl methyl sites for hydroxylation is 1. The van der Waals surface area contributed by atoms with Crippen LogP contribution in [0.2, 0.25) is 0 Å². The second-order valence-corrected chi connectivity index (χ2v) is 6.14. The van der Waals surface area contributed by atoms with Crippen molar-refractivity contribution in [3.05, 3.63) is 63.8 Å². The van der Waals surface area contributed by atoms with Gasteiger partial charge in [-0.05, 0) is 13.0 Å². The Hall–Kier alpha value is -2.67. The molecule has 6 nitrogen and oxygen atoms in total. The van der Waals surface area contributed by atoms with Gasteiger partial charge in [0.2, 0.25) is 11.3 Å². The maximum Gasteiger partial charge on any atom is 0.242 e. The van der Waals surface area contributed by atoms with Crippen molar-refractivity contribution in [2.75, 3.05) is 26.3 Å². The van der Waals surface area contributed by atoms with E-state index in [4.69, 9.17) is 9.47 Å². The third-order valence-corrected chi connectivity index (χ3v) is 4.32. The number of hydrogen-bond acceptors (Lipinski definition) is 4. The standard InChI is InChI=1S/C19H21FN2O4/c1-14-10-17(23)18(26-13-15-4-2-3-5-16(15)20)11-22(14)12-19(24)21-6-8-25-9-7-21/h2-5,10-11H,6-9,12-13H2,1H3. The van der Waals surface area contributed by atoms with E-state index in [2.05, 4.69) is 0 Å². The topological polar surface area (TPSA) is 60.8 Å². The lowest BCUT2D eigenvalue weighted by molar-refractivity contribution is -0.135. The van der Waals surface area contributed by atoms with Crippen molar-refractivity contribution in [1.29, 1.82) is 0 Å². The highest BCUT2D eigenvalue weighted by molar-refractivity contribution is 5.76. The van der Waals surface area contributed by atoms with E-state index in [0.29, 0.717) is 37.6 Å². The lowest BCUT2D eigenvalue weighted by atomic mass is 10.2. The average Bonchev–Trinajstić information content (AvgIpc) is 2.65. The van der Waals surface area contributed by atoms with Gasteiger partial charge in [0, 0.05) is 30.4 Å². The van der Waals surface area contributed by atoms with E-state index < -0.39 is 0 Å². The van der Waals surface area contributed by atoms with Crippen LogP contribution < -0.4 is 10.2 Å². The van der Waals surface area contributed by atoms with Crippen LogP contribution in [-0.4, -0.2) is 41.7 Å². The monoisotopic (exact) mass is 360 g/mol. The fraction of sp³-hybridized carbons (Fsp3) is 0.368. The predicted molar refractivity (Wildman–Crippen MR) is 93.6 cm³/mol. The van der Waals surface area contributed by atoms with Gasteiger partial charge >= 0.3 is 0 Å². The summed E-state index contributed by atoms with van der Waals surface area (Å²) < 4.78 is 26.1. The fourth-order valence-electron chi connectivity index (χ4n) is 2.76. The van der Waals surface area contributed by atoms with Crippen LogP contribution in [0.3, 0.4) is 0 Å². The first-order valence-corrected chi connectivity index (χ1v) is 8.47. The molecule has 1 aliphatic rings. The largest absolute Gasteiger partial charge is 0.483 e. The van der Waals surface area contributed by atoms with Gasteiger partial charge in [-0.25, -0.2) is 4.39 Å². The van der Waals surface area contributed by atoms with Gasteiger partial charge in [-0.3, -0.25) is 9.59 Å². The van der Waals surface area contributed by atoms with E-state index in [1.165, 1.54) is 18.3 Å². The number of morpholine rings is 1. The second kappa shape index (κ2) is 8.14. The summed E-state index contributed by atoms with van der Waals surface area (Å²) in [5.74, 6) is -0.337. The second-order valence-electron chi connectivity index (χ2n) is 6.14. The van der Waals surface area contributed by atoms with Crippen LogP contribution in [0, 0.1) is 12.7 Å². The number of benzene rings is 1. The number of pyridine rings is 1. The molecule has 0 N–H and O–H groups in total. The normalized spacial score (nSPS) is 14.3. The molecule has 0 bridgehead atoms. The zero-order valence-corrected chi connectivity index (χ0v) is 14.6. The number of carbonyl (C=O) groups is 1. The Morgan fingerprint density at radius 3 is 2.73 bits per heavy atom. The number of amides is 1. The molecular formula is C19H21FN2O4. The molecule has 1 aromatic heterocycles. The summed E-state index contributed by atoms with van der Waals surface area (Å²) in [6, 6.07) is 7.66. The average molecular weight is 360 g/mol. The smallest absolute Gasteiger partial charge is 0.242 e. The molecule has 1 aliphatic heterocycles. The van der Waals surface area contributed by atoms with E-state index in [-0.39, 0.29) is 36.1 Å². The molecule has 1 fully saturated rings. The maximum absolute atomic E-state index is 13.7. The summed E-state index contributed by atoms with van der Waals surface area (Å²) >= 11 is 0. The Labute approximate surface area is 150 Å². The van der Waals surface area contributed by atoms with Crippen LogP contribution in [0.5, 0.6) is 5.75 Å². The molecule has 0 aliphatic carbocycles. The lowest BCUT2D eigenvalue weighted by Crippen LogP contribution is -2.42. The Kier molecular flexibility index (Phi) is 5.68. The first-order chi connectivity index (χ1) is 12.5. The minimum atomic E-state index is -0.387. The molecule has 3 rings (SSSR count). The molecule has 2 aromatic rings. The van der Waals surface area contributed by atoms with Crippen molar-refractivity contribution >= 4 is 5.91 Å².